The molecule has 6 aliphatic rings. The minimum Gasteiger partial charge on any atom is -0.479 e. The van der Waals surface area contributed by atoms with E-state index in [2.05, 4.69) is 0 Å². The van der Waals surface area contributed by atoms with Gasteiger partial charge in [0, 0.05) is 48.7 Å². The van der Waals surface area contributed by atoms with E-state index in [1.165, 1.54) is 0 Å². The molecular weight excluding hydrogens is 1260 g/mol. The maximum absolute atomic E-state index is 13.3. The smallest absolute Gasteiger partial charge is 0.335 e. The molecule has 0 amide bonds. The Bertz CT molecular complexity index is 2770. The number of ether oxygens (including phenoxy) is 18. The molecule has 0 aromatic carbocycles. The second kappa shape index (κ2) is 30.8. The first-order valence-electron chi connectivity index (χ1n) is 27.2. The fraction of sp³-hybridized carbons (Fsp3) is 0.755. The highest BCUT2D eigenvalue weighted by Gasteiger charge is 2.62. The van der Waals surface area contributed by atoms with E-state index in [-0.39, 0.29) is 0 Å². The van der Waals surface area contributed by atoms with E-state index in [4.69, 9.17) is 120 Å². The minimum atomic E-state index is -2.57. The topological polar surface area (TPSA) is 669 Å². The van der Waals surface area contributed by atoms with E-state index in [9.17, 15) is 93.3 Å². The molecule has 0 aromatic heterocycles. The lowest BCUT2D eigenvalue weighted by Gasteiger charge is -2.50. The summed E-state index contributed by atoms with van der Waals surface area (Å²) in [5.74, 6) is -18.5. The van der Waals surface area contributed by atoms with Crippen LogP contribution < -0.4 is 34.4 Å². The molecule has 6 rings (SSSR count). The number of methoxy groups -OCH3 is 1. The molecule has 92 heavy (non-hydrogen) atoms. The third-order valence-electron chi connectivity index (χ3n) is 14.6. The molecule has 518 valence electrons. The van der Waals surface area contributed by atoms with Crippen molar-refractivity contribution < 1.29 is 179 Å². The molecule has 43 heteroatoms. The minimum absolute atomic E-state index is 0.781. The molecule has 0 aliphatic carbocycles. The summed E-state index contributed by atoms with van der Waals surface area (Å²) >= 11 is 0. The second-order valence-electron chi connectivity index (χ2n) is 21.2. The van der Waals surface area contributed by atoms with Gasteiger partial charge >= 0.3 is 71.6 Å². The summed E-state index contributed by atoms with van der Waals surface area (Å²) in [7, 11) is 1.03. The normalized spacial score (nSPS) is 41.3. The van der Waals surface area contributed by atoms with Crippen molar-refractivity contribution >= 4 is 71.6 Å². The average Bonchev–Trinajstić information content (AvgIpc) is 0.808. The Labute approximate surface area is 516 Å². The third-order valence-corrected chi connectivity index (χ3v) is 14.6. The number of nitrogens with two attached hydrogens (primary N) is 6. The number of aliphatic hydroxyl groups is 1. The van der Waals surface area contributed by atoms with Gasteiger partial charge in [-0.05, 0) is 0 Å². The Balaban J connectivity index is 1.30. The van der Waals surface area contributed by atoms with Gasteiger partial charge in [-0.3, -0.25) is 28.8 Å². The van der Waals surface area contributed by atoms with Crippen molar-refractivity contribution in [1.82, 2.24) is 0 Å². The molecule has 0 saturated carbocycles. The number of carboxylic acid groups (broad SMARTS) is 6. The largest absolute Gasteiger partial charge is 0.479 e. The standard InChI is InChI=1S/C49H70N6O37/c1-8(56)76-20-14(50)44(74)82-33(39(64)65)27(20)83-46-16(52)22(78-10(3)58)29(35(89-46)41(68)69)85-48-18(54)24(80-12(5)60)31(37(91-48)43(72)73)87-49-19(55)25(81-13(6)61)30(36(92-49)42(70)71)86-47-17(53)23(79-11(4)59)28(34(90-47)40(66)67)84-45-15(51)21(77-9(2)57)26(75-7)32(88-45)38(62)63/h14-37,44-49,74H,50-55H2,1-7H3,(H,62,63)(H,64,65)(H,66,67)(H,68,69)(H,70,71)(H,72,73)/t14-,15-,16-,17-,18-,19-,20-,21-,22-,23-,24-,25-,26-,27-,28-,29-,30+,31-,32+,33+,34+,35+,36+,37+,44+,45+,46+,47+,48+,49+/m1/s1. The van der Waals surface area contributed by atoms with E-state index < -0.39 is 255 Å². The van der Waals surface area contributed by atoms with Gasteiger partial charge in [0.25, 0.3) is 0 Å². The van der Waals surface area contributed by atoms with Crippen molar-refractivity contribution in [2.75, 3.05) is 7.11 Å². The molecule has 0 radical (unpaired) electrons. The lowest BCUT2D eigenvalue weighted by atomic mass is 9.93. The lowest BCUT2D eigenvalue weighted by molar-refractivity contribution is -0.357. The summed E-state index contributed by atoms with van der Waals surface area (Å²) in [4.78, 5) is 153. The Morgan fingerprint density at radius 2 is 0.435 bits per heavy atom. The van der Waals surface area contributed by atoms with Crippen LogP contribution in [0.3, 0.4) is 0 Å². The molecule has 43 nitrogen and oxygen atoms in total. The van der Waals surface area contributed by atoms with Gasteiger partial charge in [-0.15, -0.1) is 0 Å². The van der Waals surface area contributed by atoms with Gasteiger partial charge in [-0.1, -0.05) is 0 Å². The zero-order chi connectivity index (χ0) is 69.0. The Morgan fingerprint density at radius 3 is 0.609 bits per heavy atom. The molecule has 6 aliphatic heterocycles. The van der Waals surface area contributed by atoms with Crippen molar-refractivity contribution in [3.05, 3.63) is 0 Å². The number of carbonyl (C=O) groups excluding carboxylic acids is 6. The number of rotatable bonds is 23. The van der Waals surface area contributed by atoms with Crippen molar-refractivity contribution in [2.24, 2.45) is 34.4 Å². The molecule has 6 saturated heterocycles. The van der Waals surface area contributed by atoms with Gasteiger partial charge < -0.3 is 155 Å². The van der Waals surface area contributed by atoms with Gasteiger partial charge in [0.2, 0.25) is 0 Å². The highest BCUT2D eigenvalue weighted by Crippen LogP contribution is 2.39. The van der Waals surface area contributed by atoms with Crippen molar-refractivity contribution in [3.63, 3.8) is 0 Å². The molecule has 6 heterocycles. The number of carbonyl (C=O) groups is 12. The summed E-state index contributed by atoms with van der Waals surface area (Å²) < 4.78 is 99.9. The molecular formula is C49H70N6O37. The number of carboxylic acids is 6. The van der Waals surface area contributed by atoms with Crippen LogP contribution in [0, 0.1) is 0 Å². The van der Waals surface area contributed by atoms with Crippen LogP contribution in [0.25, 0.3) is 0 Å². The molecule has 0 unspecified atom stereocenters. The first-order valence-corrected chi connectivity index (χ1v) is 27.2. The number of hydrogen-bond acceptors (Lipinski definition) is 37. The molecule has 0 aromatic rings. The van der Waals surface area contributed by atoms with Crippen molar-refractivity contribution in [3.8, 4) is 0 Å². The van der Waals surface area contributed by atoms with E-state index in [1.807, 2.05) is 0 Å². The van der Waals surface area contributed by atoms with E-state index in [0.29, 0.717) is 0 Å². The van der Waals surface area contributed by atoms with Crippen LogP contribution >= 0.6 is 0 Å². The summed E-state index contributed by atoms with van der Waals surface area (Å²) in [5.41, 5.74) is 38.3. The maximum atomic E-state index is 13.3. The van der Waals surface area contributed by atoms with Gasteiger partial charge in [0.05, 0.1) is 36.3 Å². The molecule has 0 spiro atoms. The van der Waals surface area contributed by atoms with E-state index in [0.717, 1.165) is 48.7 Å². The Hall–Kier alpha value is -7.12. The molecule has 30 atom stereocenters. The molecule has 0 bridgehead atoms. The second-order valence-corrected chi connectivity index (χ2v) is 21.2. The monoisotopic (exact) mass is 1330 g/mol. The fourth-order valence-electron chi connectivity index (χ4n) is 10.8. The van der Waals surface area contributed by atoms with Crippen LogP contribution in [0.4, 0.5) is 0 Å². The number of hydrogen-bond donors (Lipinski definition) is 13. The summed E-state index contributed by atoms with van der Waals surface area (Å²) in [6.45, 7) is 5.02. The van der Waals surface area contributed by atoms with E-state index in [1.54, 1.807) is 0 Å². The Kier molecular flexibility index (Phi) is 24.7. The summed E-state index contributed by atoms with van der Waals surface area (Å²) in [6, 6.07) is -11.6. The highest BCUT2D eigenvalue weighted by molar-refractivity contribution is 5.77. The third kappa shape index (κ3) is 16.6. The molecule has 19 N–H and O–H groups in total. The zero-order valence-electron chi connectivity index (χ0n) is 49.2. The predicted octanol–water partition coefficient (Wildman–Crippen LogP) is -9.67. The first kappa shape index (κ1) is 73.9. The number of esters is 6. The summed E-state index contributed by atoms with van der Waals surface area (Å²) in [5, 5.41) is 72.8. The predicted molar refractivity (Wildman–Crippen MR) is 276 cm³/mol. The van der Waals surface area contributed by atoms with Crippen LogP contribution in [-0.4, -0.2) is 298 Å². The Morgan fingerprint density at radius 1 is 0.272 bits per heavy atom. The van der Waals surface area contributed by atoms with Gasteiger partial charge in [-0.25, -0.2) is 28.8 Å². The average molecular weight is 1340 g/mol. The van der Waals surface area contributed by atoms with Crippen molar-refractivity contribution in [1.29, 1.82) is 0 Å². The van der Waals surface area contributed by atoms with E-state index >= 15 is 0 Å². The van der Waals surface area contributed by atoms with Crippen molar-refractivity contribution in [2.45, 2.75) is 225 Å². The SMILES string of the molecule is CO[C@@H]1[C@H](OC(C)=O)[C@@H](N)[C@@H](O[C@@H]2[C@H](OC(C)=O)[C@@H](N)[C@@H](O[C@H]3[C@H](OC(C)=O)[C@@H](N)[C@@H](O[C@@H]4[C@H](OC(C)=O)[C@@H](N)[C@@H](O[C@@H]5[C@H](OC(C)=O)[C@@H](N)[C@@H](O[C@@H]6[C@H](OC(C)=O)[C@@H](N)[C@@H](O)O[C@@H]6C(=O)O)O[C@@H]5C(=O)O)O[C@@H]4C(=O)O)O[C@@H]3C(=O)O)O[C@@H]2C(=O)O)O[C@@H]1C(=O)O. The fourth-order valence-corrected chi connectivity index (χ4v) is 10.8. The van der Waals surface area contributed by atoms with Crippen LogP contribution in [0.5, 0.6) is 0 Å². The van der Waals surface area contributed by atoms with Crippen LogP contribution in [0.2, 0.25) is 0 Å². The number of aliphatic carboxylic acids is 6. The lowest BCUT2D eigenvalue weighted by Crippen LogP contribution is -2.72. The van der Waals surface area contributed by atoms with Gasteiger partial charge in [0.15, 0.2) is 111 Å². The first-order chi connectivity index (χ1) is 42.9. The maximum Gasteiger partial charge on any atom is 0.335 e. The van der Waals surface area contributed by atoms with Crippen LogP contribution in [-0.2, 0) is 143 Å². The molecule has 6 fully saturated rings. The van der Waals surface area contributed by atoms with Gasteiger partial charge in [0.1, 0.15) is 36.6 Å². The number of aliphatic hydroxyl groups excluding tert-OH is 1. The quantitative estimate of drug-likeness (QED) is 0.0334. The summed E-state index contributed by atoms with van der Waals surface area (Å²) in [6.07, 6.45) is -52.6. The highest BCUT2D eigenvalue weighted by atomic mass is 16.8. The van der Waals surface area contributed by atoms with Gasteiger partial charge in [-0.2, -0.15) is 0 Å². The zero-order valence-corrected chi connectivity index (χ0v) is 49.2. The van der Waals surface area contributed by atoms with Crippen LogP contribution in [0.1, 0.15) is 41.5 Å². The van der Waals surface area contributed by atoms with Crippen LogP contribution in [0.15, 0.2) is 0 Å².